The summed E-state index contributed by atoms with van der Waals surface area (Å²) in [5.41, 5.74) is 0. The summed E-state index contributed by atoms with van der Waals surface area (Å²) in [5.74, 6) is 1.10. The predicted octanol–water partition coefficient (Wildman–Crippen LogP) is -5.98. The fourth-order valence-corrected chi connectivity index (χ4v) is 3.49. The van der Waals surface area contributed by atoms with Gasteiger partial charge in [0, 0.05) is 154 Å². The first kappa shape index (κ1) is 27.0. The van der Waals surface area contributed by atoms with Crippen LogP contribution >= 0.6 is 0 Å². The first-order valence-electron chi connectivity index (χ1n) is 9.67. The number of anilines is 1. The fraction of sp³-hybridized carbons (Fsp3) is 0.444. The summed E-state index contributed by atoms with van der Waals surface area (Å²) in [6.45, 7) is 4.27. The van der Waals surface area contributed by atoms with Gasteiger partial charge in [-0.15, -0.1) is 0 Å². The number of rotatable bonds is 8. The van der Waals surface area contributed by atoms with E-state index >= 15 is 0 Å². The van der Waals surface area contributed by atoms with Crippen LogP contribution in [0, 0.1) is 0 Å². The van der Waals surface area contributed by atoms with E-state index in [9.17, 15) is 0 Å². The van der Waals surface area contributed by atoms with E-state index in [2.05, 4.69) is 21.3 Å². The first-order valence-corrected chi connectivity index (χ1v) is 9.67. The minimum Gasteiger partial charge on any atom is -0.354 e. The molecule has 1 saturated heterocycles. The number of nitrogens with one attached hydrogen (secondary N) is 1. The lowest BCUT2D eigenvalue weighted by molar-refractivity contribution is 0.585. The van der Waals surface area contributed by atoms with Crippen molar-refractivity contribution < 1.29 is 0 Å². The monoisotopic (exact) mass is 350 g/mol. The summed E-state index contributed by atoms with van der Waals surface area (Å²) in [5, 5.41) is 3.32. The van der Waals surface area contributed by atoms with Crippen molar-refractivity contribution in [1.29, 1.82) is 0 Å². The number of nitrogens with zero attached hydrogens (tertiary/aromatic N) is 2. The van der Waals surface area contributed by atoms with Crippen molar-refractivity contribution in [3.05, 3.63) is 24.4 Å². The van der Waals surface area contributed by atoms with Gasteiger partial charge in [-0.2, -0.15) is 0 Å². The molecule has 0 bridgehead atoms. The fourth-order valence-electron chi connectivity index (χ4n) is 3.49. The third kappa shape index (κ3) is 8.95. The molecule has 29 heavy (non-hydrogen) atoms. The minimum absolute atomic E-state index is 0.482. The third-order valence-electron chi connectivity index (χ3n) is 4.98. The van der Waals surface area contributed by atoms with Crippen LogP contribution in [0.5, 0.6) is 0 Å². The molecule has 1 aromatic rings. The highest BCUT2D eigenvalue weighted by Gasteiger charge is 2.39. The Bertz CT molecular complexity index is 534. The Morgan fingerprint density at radius 3 is 1.76 bits per heavy atom. The van der Waals surface area contributed by atoms with Crippen molar-refractivity contribution in [3.63, 3.8) is 0 Å². The Morgan fingerprint density at radius 1 is 0.828 bits per heavy atom. The predicted molar refractivity (Wildman–Crippen MR) is 147 cm³/mol. The van der Waals surface area contributed by atoms with Gasteiger partial charge < -0.3 is 10.2 Å². The van der Waals surface area contributed by atoms with E-state index in [0.29, 0.717) is 0 Å². The van der Waals surface area contributed by atoms with Crippen molar-refractivity contribution in [2.45, 2.75) is 0 Å². The maximum Gasteiger partial charge on any atom is 0.128 e. The number of aromatic nitrogens is 1. The zero-order valence-electron chi connectivity index (χ0n) is 16.8. The van der Waals surface area contributed by atoms with Crippen molar-refractivity contribution >= 4 is 127 Å². The largest absolute Gasteiger partial charge is 0.354 e. The third-order valence-corrected chi connectivity index (χ3v) is 4.98. The molecule has 115 valence electrons. The molecule has 1 aromatic heterocycles. The number of hydrogen-bond donors (Lipinski definition) is 1. The van der Waals surface area contributed by atoms with Crippen molar-refractivity contribution in [3.8, 4) is 0 Å². The lowest BCUT2D eigenvalue weighted by atomic mass is 8.43. The lowest BCUT2D eigenvalue weighted by Gasteiger charge is -2.38. The molecule has 0 unspecified atom stereocenters. The summed E-state index contributed by atoms with van der Waals surface area (Å²) in [6, 6.07) is 6.04. The van der Waals surface area contributed by atoms with Crippen LogP contribution in [0.2, 0.25) is 0 Å². The average Bonchev–Trinajstić information content (AvgIpc) is 2.68. The van der Waals surface area contributed by atoms with E-state index in [1.54, 1.807) is 0 Å². The zero-order chi connectivity index (χ0) is 22.0. The van der Waals surface area contributed by atoms with Crippen LogP contribution in [0.3, 0.4) is 0 Å². The molecule has 0 spiro atoms. The van der Waals surface area contributed by atoms with E-state index in [4.69, 9.17) is 69.6 Å². The Morgan fingerprint density at radius 2 is 1.38 bits per heavy atom. The van der Waals surface area contributed by atoms with E-state index in [0.717, 1.165) is 32.0 Å². The van der Waals surface area contributed by atoms with Gasteiger partial charge in [-0.25, -0.2) is 4.98 Å². The van der Waals surface area contributed by atoms with Crippen molar-refractivity contribution in [1.82, 2.24) is 10.3 Å². The Balaban J connectivity index is 0.000000304. The van der Waals surface area contributed by atoms with Gasteiger partial charge in [-0.05, 0) is 12.1 Å². The quantitative estimate of drug-likeness (QED) is 0.475. The molecule has 2 heterocycles. The average molecular weight is 347 g/mol. The number of hydrogen-bond acceptors (Lipinski definition) is 3. The molecule has 0 aromatic carbocycles. The van der Waals surface area contributed by atoms with Gasteiger partial charge >= 0.3 is 0 Å². The molecular formula is C9H13B17N3. The second-order valence-corrected chi connectivity index (χ2v) is 7.16. The van der Waals surface area contributed by atoms with Crippen LogP contribution in [0.4, 0.5) is 5.82 Å². The molecule has 1 fully saturated rings. The maximum absolute atomic E-state index is 5.70. The van der Waals surface area contributed by atoms with Crippen LogP contribution < -0.4 is 10.2 Å². The smallest absolute Gasteiger partial charge is 0.128 e. The van der Waals surface area contributed by atoms with Gasteiger partial charge in [0.15, 0.2) is 0 Å². The standard InChI is InChI=1S/C9H13N3.B17/c1-2-4-11-9(3-1)12-7-5-10-6-8-12;1-10-15(11(2)3)17(14(8)9)16(12(4)5)13(6)7/h1-4,10H,5-8H2;. The second kappa shape index (κ2) is 14.1. The number of piperazine rings is 1. The molecule has 1 aliphatic rings. The van der Waals surface area contributed by atoms with Crippen LogP contribution in [-0.4, -0.2) is 153 Å². The topological polar surface area (TPSA) is 28.2 Å². The van der Waals surface area contributed by atoms with Gasteiger partial charge in [-0.3, -0.25) is 0 Å². The molecule has 0 aliphatic carbocycles. The van der Waals surface area contributed by atoms with Gasteiger partial charge in [-0.1, -0.05) is 6.07 Å². The van der Waals surface area contributed by atoms with Gasteiger partial charge in [0.05, 0.1) is 0 Å². The molecule has 0 atom stereocenters. The summed E-state index contributed by atoms with van der Waals surface area (Å²) in [6.07, 6.45) is -2.81. The summed E-state index contributed by atoms with van der Waals surface area (Å²) in [4.78, 5) is 6.60. The molecule has 20 heteroatoms. The Kier molecular flexibility index (Phi) is 13.2. The van der Waals surface area contributed by atoms with Gasteiger partial charge in [0.1, 0.15) is 5.82 Å². The van der Waals surface area contributed by atoms with Crippen LogP contribution in [-0.2, 0) is 0 Å². The highest BCUT2D eigenvalue weighted by Crippen LogP contribution is 2.08. The van der Waals surface area contributed by atoms with Crippen LogP contribution in [0.25, 0.3) is 0 Å². The van der Waals surface area contributed by atoms with E-state index in [1.807, 2.05) is 18.3 Å². The van der Waals surface area contributed by atoms with E-state index in [-0.39, 0.29) is 0 Å². The lowest BCUT2D eigenvalue weighted by Crippen LogP contribution is -2.76. The SMILES string of the molecule is [B][B]B(B([B])[B])B(B([B])[B])B(B([B])[B])B([B])[B].c1ccc(N2CCNCC2)nc1. The normalized spacial score (nSPS) is 12.6. The first-order chi connectivity index (χ1) is 13.7. The molecule has 1 N–H and O–H groups in total. The molecule has 19 radical (unpaired) electrons. The van der Waals surface area contributed by atoms with Crippen molar-refractivity contribution in [2.24, 2.45) is 0 Å². The molecule has 0 saturated carbocycles. The molecule has 0 amide bonds. The van der Waals surface area contributed by atoms with Crippen molar-refractivity contribution in [2.75, 3.05) is 31.1 Å². The summed E-state index contributed by atoms with van der Waals surface area (Å²) >= 11 is 0. The summed E-state index contributed by atoms with van der Waals surface area (Å²) < 4.78 is 0. The van der Waals surface area contributed by atoms with Crippen LogP contribution in [0.15, 0.2) is 24.4 Å². The maximum atomic E-state index is 5.70. The number of pyridine rings is 1. The summed E-state index contributed by atoms with van der Waals surface area (Å²) in [7, 11) is 52.0. The highest BCUT2D eigenvalue weighted by molar-refractivity contribution is 8.15. The Labute approximate surface area is 192 Å². The van der Waals surface area contributed by atoms with E-state index in [1.165, 1.54) is 7.06 Å². The second-order valence-electron chi connectivity index (χ2n) is 7.16. The molecule has 3 nitrogen and oxygen atoms in total. The zero-order valence-corrected chi connectivity index (χ0v) is 16.8. The van der Waals surface area contributed by atoms with E-state index < -0.39 is 44.7 Å². The van der Waals surface area contributed by atoms with Gasteiger partial charge in [0.2, 0.25) is 0 Å². The molecule has 1 aliphatic heterocycles. The van der Waals surface area contributed by atoms with Gasteiger partial charge in [0.25, 0.3) is 0 Å². The highest BCUT2D eigenvalue weighted by atomic mass is 15.2. The minimum atomic E-state index is -0.796. The van der Waals surface area contributed by atoms with Crippen LogP contribution in [0.1, 0.15) is 0 Å². The molecule has 2 rings (SSSR count). The Hall–Kier alpha value is 0.0139. The molecular weight excluding hydrogens is 334 g/mol.